The summed E-state index contributed by atoms with van der Waals surface area (Å²) in [7, 11) is 0. The molecule has 2 atom stereocenters. The van der Waals surface area contributed by atoms with Crippen LogP contribution in [0.2, 0.25) is 10.0 Å². The van der Waals surface area contributed by atoms with Crippen molar-refractivity contribution < 1.29 is 22.8 Å². The monoisotopic (exact) mass is 501 g/mol. The number of carbonyl (C=O) groups excluding carboxylic acids is 1. The SMILES string of the molecule is Cc1cc(C2=NOC(c3cc(Cl)cc(Cl)c3)(C(F)(F)F)C2C)ccc1C(=O)CC1CSC1. The fourth-order valence-electron chi connectivity index (χ4n) is 4.22. The Balaban J connectivity index is 1.67. The van der Waals surface area contributed by atoms with Crippen LogP contribution in [-0.4, -0.2) is 29.2 Å². The molecule has 4 rings (SSSR count). The number of aryl methyl sites for hydroxylation is 1. The third kappa shape index (κ3) is 4.03. The van der Waals surface area contributed by atoms with Crippen molar-refractivity contribution >= 4 is 46.5 Å². The van der Waals surface area contributed by atoms with Crippen LogP contribution >= 0.6 is 35.0 Å². The predicted octanol–water partition coefficient (Wildman–Crippen LogP) is 7.07. The summed E-state index contributed by atoms with van der Waals surface area (Å²) in [5.74, 6) is 1.25. The molecule has 32 heavy (non-hydrogen) atoms. The van der Waals surface area contributed by atoms with Gasteiger partial charge in [0.25, 0.3) is 5.60 Å². The van der Waals surface area contributed by atoms with Crippen LogP contribution in [0.5, 0.6) is 0 Å². The van der Waals surface area contributed by atoms with Crippen molar-refractivity contribution in [1.82, 2.24) is 0 Å². The van der Waals surface area contributed by atoms with Gasteiger partial charge in [0.1, 0.15) is 0 Å². The maximum absolute atomic E-state index is 14.4. The minimum Gasteiger partial charge on any atom is -0.374 e. The second-order valence-corrected chi connectivity index (χ2v) is 10.2. The number of rotatable bonds is 5. The van der Waals surface area contributed by atoms with E-state index in [1.807, 2.05) is 11.8 Å². The summed E-state index contributed by atoms with van der Waals surface area (Å²) in [6, 6.07) is 8.74. The van der Waals surface area contributed by atoms with Crippen molar-refractivity contribution in [1.29, 1.82) is 0 Å². The zero-order chi connectivity index (χ0) is 23.3. The molecule has 1 fully saturated rings. The zero-order valence-electron chi connectivity index (χ0n) is 17.3. The Hall–Kier alpha value is -1.70. The summed E-state index contributed by atoms with van der Waals surface area (Å²) in [5, 5.41) is 4.00. The molecule has 0 aliphatic carbocycles. The average Bonchev–Trinajstić information content (AvgIpc) is 3.01. The van der Waals surface area contributed by atoms with E-state index in [0.29, 0.717) is 29.0 Å². The molecule has 2 aliphatic heterocycles. The number of oxime groups is 1. The molecule has 1 saturated heterocycles. The molecule has 0 N–H and O–H groups in total. The molecule has 170 valence electrons. The first kappa shape index (κ1) is 23.5. The van der Waals surface area contributed by atoms with Crippen molar-refractivity contribution in [2.75, 3.05) is 11.5 Å². The highest BCUT2D eigenvalue weighted by Crippen LogP contribution is 2.52. The van der Waals surface area contributed by atoms with E-state index in [1.165, 1.54) is 25.1 Å². The van der Waals surface area contributed by atoms with Crippen LogP contribution in [0.4, 0.5) is 13.2 Å². The van der Waals surface area contributed by atoms with Crippen molar-refractivity contribution in [2.24, 2.45) is 17.0 Å². The second-order valence-electron chi connectivity index (χ2n) is 8.24. The maximum atomic E-state index is 14.4. The number of halogens is 5. The fraction of sp³-hybridized carbons (Fsp3) is 0.391. The minimum absolute atomic E-state index is 0.0511. The lowest BCUT2D eigenvalue weighted by atomic mass is 9.77. The summed E-state index contributed by atoms with van der Waals surface area (Å²) in [6.45, 7) is 3.19. The zero-order valence-corrected chi connectivity index (χ0v) is 19.6. The number of hydrogen-bond donors (Lipinski definition) is 0. The van der Waals surface area contributed by atoms with Crippen LogP contribution in [0.1, 0.15) is 40.4 Å². The van der Waals surface area contributed by atoms with Crippen molar-refractivity contribution in [3.63, 3.8) is 0 Å². The first-order chi connectivity index (χ1) is 15.0. The molecular weight excluding hydrogens is 482 g/mol. The van der Waals surface area contributed by atoms with Gasteiger partial charge in [-0.1, -0.05) is 47.4 Å². The van der Waals surface area contributed by atoms with Gasteiger partial charge < -0.3 is 4.84 Å². The van der Waals surface area contributed by atoms with Gasteiger partial charge in [0.2, 0.25) is 0 Å². The Morgan fingerprint density at radius 1 is 1.19 bits per heavy atom. The van der Waals surface area contributed by atoms with Gasteiger partial charge in [-0.15, -0.1) is 0 Å². The van der Waals surface area contributed by atoms with Crippen LogP contribution in [0, 0.1) is 18.8 Å². The molecule has 0 bridgehead atoms. The van der Waals surface area contributed by atoms with Gasteiger partial charge in [-0.2, -0.15) is 24.9 Å². The van der Waals surface area contributed by atoms with E-state index < -0.39 is 17.7 Å². The van der Waals surface area contributed by atoms with Crippen LogP contribution < -0.4 is 0 Å². The molecule has 2 aliphatic rings. The summed E-state index contributed by atoms with van der Waals surface area (Å²) < 4.78 is 43.2. The standard InChI is InChI=1S/C23H20Cl2F3NO2S/c1-12-5-15(3-4-19(12)20(30)6-14-10-32-11-14)21-13(2)22(31-29-21,23(26,27)28)16-7-17(24)9-18(25)8-16/h3-5,7-9,13-14H,6,10-11H2,1-2H3. The fourth-order valence-corrected chi connectivity index (χ4v) is 5.55. The quantitative estimate of drug-likeness (QED) is 0.411. The van der Waals surface area contributed by atoms with Crippen molar-refractivity contribution in [3.05, 3.63) is 68.7 Å². The Morgan fingerprint density at radius 2 is 1.84 bits per heavy atom. The molecule has 2 unspecified atom stereocenters. The molecule has 0 radical (unpaired) electrons. The number of ketones is 1. The molecule has 0 saturated carbocycles. The van der Waals surface area contributed by atoms with E-state index >= 15 is 0 Å². The van der Waals surface area contributed by atoms with Crippen LogP contribution in [-0.2, 0) is 10.4 Å². The predicted molar refractivity (Wildman–Crippen MR) is 122 cm³/mol. The lowest BCUT2D eigenvalue weighted by Crippen LogP contribution is -2.48. The molecule has 2 aromatic carbocycles. The molecule has 0 spiro atoms. The second kappa shape index (κ2) is 8.58. The number of thioether (sulfide) groups is 1. The number of carbonyl (C=O) groups is 1. The number of nitrogens with zero attached hydrogens (tertiary/aromatic N) is 1. The first-order valence-corrected chi connectivity index (χ1v) is 12.0. The molecule has 3 nitrogen and oxygen atoms in total. The third-order valence-electron chi connectivity index (χ3n) is 6.02. The molecule has 2 heterocycles. The normalized spacial score (nSPS) is 23.5. The summed E-state index contributed by atoms with van der Waals surface area (Å²) in [6.07, 6.45) is -4.29. The summed E-state index contributed by atoms with van der Waals surface area (Å²) in [5.41, 5.74) is -1.02. The minimum atomic E-state index is -4.78. The van der Waals surface area contributed by atoms with Crippen molar-refractivity contribution in [3.8, 4) is 0 Å². The Bertz CT molecular complexity index is 1080. The van der Waals surface area contributed by atoms with E-state index in [2.05, 4.69) is 5.16 Å². The van der Waals surface area contributed by atoms with Gasteiger partial charge in [-0.25, -0.2) is 0 Å². The largest absolute Gasteiger partial charge is 0.436 e. The number of benzene rings is 2. The van der Waals surface area contributed by atoms with E-state index in [1.54, 1.807) is 25.1 Å². The average molecular weight is 502 g/mol. The number of Topliss-reactive ketones (excluding diaryl/α,β-unsaturated/α-hetero) is 1. The van der Waals surface area contributed by atoms with E-state index in [9.17, 15) is 18.0 Å². The molecular formula is C23H20Cl2F3NO2S. The highest BCUT2D eigenvalue weighted by Gasteiger charge is 2.66. The van der Waals surface area contributed by atoms with E-state index in [0.717, 1.165) is 11.5 Å². The molecule has 0 aromatic heterocycles. The van der Waals surface area contributed by atoms with Gasteiger partial charge in [0, 0.05) is 33.2 Å². The number of hydrogen-bond acceptors (Lipinski definition) is 4. The Kier molecular flexibility index (Phi) is 6.29. The molecule has 2 aromatic rings. The van der Waals surface area contributed by atoms with Gasteiger partial charge in [-0.3, -0.25) is 4.79 Å². The Morgan fingerprint density at radius 3 is 2.38 bits per heavy atom. The third-order valence-corrected chi connectivity index (χ3v) is 7.87. The lowest BCUT2D eigenvalue weighted by molar-refractivity contribution is -0.287. The number of alkyl halides is 3. The van der Waals surface area contributed by atoms with Gasteiger partial charge in [0.15, 0.2) is 5.78 Å². The molecule has 9 heteroatoms. The van der Waals surface area contributed by atoms with Crippen LogP contribution in [0.15, 0.2) is 41.6 Å². The van der Waals surface area contributed by atoms with Gasteiger partial charge >= 0.3 is 6.18 Å². The smallest absolute Gasteiger partial charge is 0.374 e. The first-order valence-electron chi connectivity index (χ1n) is 10.0. The van der Waals surface area contributed by atoms with E-state index in [-0.39, 0.29) is 27.1 Å². The van der Waals surface area contributed by atoms with E-state index in [4.69, 9.17) is 28.0 Å². The van der Waals surface area contributed by atoms with Crippen LogP contribution in [0.3, 0.4) is 0 Å². The van der Waals surface area contributed by atoms with Crippen LogP contribution in [0.25, 0.3) is 0 Å². The maximum Gasteiger partial charge on any atom is 0.436 e. The summed E-state index contributed by atoms with van der Waals surface area (Å²) >= 11 is 13.8. The topological polar surface area (TPSA) is 38.7 Å². The van der Waals surface area contributed by atoms with Gasteiger partial charge in [-0.05, 0) is 54.2 Å². The summed E-state index contributed by atoms with van der Waals surface area (Å²) in [4.78, 5) is 17.8. The Labute approximate surface area is 198 Å². The highest BCUT2D eigenvalue weighted by molar-refractivity contribution is 8.00. The van der Waals surface area contributed by atoms with Crippen molar-refractivity contribution in [2.45, 2.75) is 32.0 Å². The molecule has 0 amide bonds. The van der Waals surface area contributed by atoms with Gasteiger partial charge in [0.05, 0.1) is 11.6 Å². The lowest BCUT2D eigenvalue weighted by Gasteiger charge is -2.34. The highest BCUT2D eigenvalue weighted by atomic mass is 35.5.